The van der Waals surface area contributed by atoms with Gasteiger partial charge in [-0.25, -0.2) is 9.78 Å². The lowest BCUT2D eigenvalue weighted by molar-refractivity contribution is -0.00294. The predicted octanol–water partition coefficient (Wildman–Crippen LogP) is 1.81. The number of ether oxygens (including phenoxy) is 2. The Kier molecular flexibility index (Phi) is 5.07. The number of hydrogen-bond acceptors (Lipinski definition) is 6. The summed E-state index contributed by atoms with van der Waals surface area (Å²) < 4.78 is 11.3. The number of carbonyl (C=O) groups excluding carboxylic acids is 1. The van der Waals surface area contributed by atoms with E-state index in [1.165, 1.54) is 23.5 Å². The third kappa shape index (κ3) is 3.90. The molecule has 0 bridgehead atoms. The molecule has 0 radical (unpaired) electrons. The molecule has 1 fully saturated rings. The molecule has 7 nitrogen and oxygen atoms in total. The van der Waals surface area contributed by atoms with Crippen LogP contribution in [0.15, 0.2) is 35.2 Å². The first-order chi connectivity index (χ1) is 11.6. The van der Waals surface area contributed by atoms with Crippen molar-refractivity contribution in [3.8, 4) is 5.75 Å². The number of carboxylic acids is 1. The number of aromatic carboxylic acids is 1. The molecule has 0 aliphatic carbocycles. The minimum atomic E-state index is -0.985. The van der Waals surface area contributed by atoms with Crippen LogP contribution in [0, 0.1) is 0 Å². The standard InChI is InChI=1S/C16H16N2O5S/c19-15(13-8-24-9-17-13)18-12-7-22-6-5-14(12)23-11-3-1-10(2-4-11)16(20)21/h1-4,8-9,12,14H,5-7H2,(H,18,19)(H,20,21)/t12-,14-/m1/s1. The number of thiazole rings is 1. The van der Waals surface area contributed by atoms with Crippen molar-refractivity contribution in [2.24, 2.45) is 0 Å². The fraction of sp³-hybridized carbons (Fsp3) is 0.312. The molecule has 1 aromatic carbocycles. The van der Waals surface area contributed by atoms with E-state index in [1.807, 2.05) is 0 Å². The molecule has 2 atom stereocenters. The second-order valence-electron chi connectivity index (χ2n) is 5.30. The minimum Gasteiger partial charge on any atom is -0.488 e. The van der Waals surface area contributed by atoms with E-state index in [2.05, 4.69) is 10.3 Å². The lowest BCUT2D eigenvalue weighted by Gasteiger charge is -2.32. The lowest BCUT2D eigenvalue weighted by Crippen LogP contribution is -2.51. The molecule has 1 aliphatic heterocycles. The van der Waals surface area contributed by atoms with Crippen molar-refractivity contribution in [2.75, 3.05) is 13.2 Å². The Morgan fingerprint density at radius 3 is 2.79 bits per heavy atom. The summed E-state index contributed by atoms with van der Waals surface area (Å²) in [6.45, 7) is 0.898. The van der Waals surface area contributed by atoms with Crippen molar-refractivity contribution >= 4 is 23.2 Å². The van der Waals surface area contributed by atoms with E-state index >= 15 is 0 Å². The third-order valence-electron chi connectivity index (χ3n) is 3.66. The highest BCUT2D eigenvalue weighted by atomic mass is 32.1. The van der Waals surface area contributed by atoms with Crippen LogP contribution in [-0.2, 0) is 4.74 Å². The zero-order valence-electron chi connectivity index (χ0n) is 12.7. The number of hydrogen-bond donors (Lipinski definition) is 2. The highest BCUT2D eigenvalue weighted by Crippen LogP contribution is 2.19. The summed E-state index contributed by atoms with van der Waals surface area (Å²) >= 11 is 1.35. The van der Waals surface area contributed by atoms with Gasteiger partial charge in [0.05, 0.1) is 30.3 Å². The van der Waals surface area contributed by atoms with E-state index in [1.54, 1.807) is 23.0 Å². The Balaban J connectivity index is 1.65. The summed E-state index contributed by atoms with van der Waals surface area (Å²) in [5.74, 6) is -0.692. The molecular weight excluding hydrogens is 332 g/mol. The fourth-order valence-corrected chi connectivity index (χ4v) is 2.94. The maximum Gasteiger partial charge on any atom is 0.335 e. The van der Waals surface area contributed by atoms with E-state index in [0.717, 1.165) is 0 Å². The van der Waals surface area contributed by atoms with Crippen molar-refractivity contribution in [1.29, 1.82) is 0 Å². The van der Waals surface area contributed by atoms with Crippen LogP contribution in [0.4, 0.5) is 0 Å². The molecule has 8 heteroatoms. The zero-order chi connectivity index (χ0) is 16.9. The molecule has 1 aromatic heterocycles. The smallest absolute Gasteiger partial charge is 0.335 e. The Hall–Kier alpha value is -2.45. The molecule has 2 heterocycles. The van der Waals surface area contributed by atoms with Gasteiger partial charge in [-0.3, -0.25) is 4.79 Å². The molecule has 0 saturated carbocycles. The van der Waals surface area contributed by atoms with Crippen LogP contribution in [0.25, 0.3) is 0 Å². The van der Waals surface area contributed by atoms with Crippen molar-refractivity contribution in [2.45, 2.75) is 18.6 Å². The summed E-state index contributed by atoms with van der Waals surface area (Å²) in [6, 6.07) is 5.89. The molecule has 0 spiro atoms. The SMILES string of the molecule is O=C(O)c1ccc(O[C@@H]2CCOC[C@H]2NC(=O)c2cscn2)cc1. The van der Waals surface area contributed by atoms with Crippen molar-refractivity contribution in [1.82, 2.24) is 10.3 Å². The maximum atomic E-state index is 12.1. The Bertz CT molecular complexity index is 702. The Labute approximate surface area is 142 Å². The molecular formula is C16H16N2O5S. The number of benzene rings is 1. The summed E-state index contributed by atoms with van der Waals surface area (Å²) in [6.07, 6.45) is 0.375. The van der Waals surface area contributed by atoms with Crippen molar-refractivity contribution < 1.29 is 24.2 Å². The van der Waals surface area contributed by atoms with Gasteiger partial charge in [-0.05, 0) is 24.3 Å². The Morgan fingerprint density at radius 2 is 2.12 bits per heavy atom. The minimum absolute atomic E-state index is 0.197. The van der Waals surface area contributed by atoms with E-state index in [9.17, 15) is 9.59 Å². The monoisotopic (exact) mass is 348 g/mol. The van der Waals surface area contributed by atoms with E-state index in [0.29, 0.717) is 31.1 Å². The molecule has 0 unspecified atom stereocenters. The summed E-state index contributed by atoms with van der Waals surface area (Å²) in [4.78, 5) is 27.0. The van der Waals surface area contributed by atoms with Gasteiger partial charge in [-0.2, -0.15) is 0 Å². The largest absolute Gasteiger partial charge is 0.488 e. The number of carbonyl (C=O) groups is 2. The van der Waals surface area contributed by atoms with Gasteiger partial charge in [0, 0.05) is 11.8 Å². The maximum absolute atomic E-state index is 12.1. The number of nitrogens with zero attached hydrogens (tertiary/aromatic N) is 1. The van der Waals surface area contributed by atoms with Crippen LogP contribution in [0.2, 0.25) is 0 Å². The summed E-state index contributed by atoms with van der Waals surface area (Å²) in [5, 5.41) is 13.5. The van der Waals surface area contributed by atoms with E-state index in [-0.39, 0.29) is 23.6 Å². The molecule has 1 amide bonds. The van der Waals surface area contributed by atoms with Crippen molar-refractivity contribution in [3.05, 3.63) is 46.4 Å². The molecule has 126 valence electrons. The van der Waals surface area contributed by atoms with Crippen LogP contribution in [-0.4, -0.2) is 47.3 Å². The second-order valence-corrected chi connectivity index (χ2v) is 6.02. The lowest BCUT2D eigenvalue weighted by atomic mass is 10.1. The van der Waals surface area contributed by atoms with Gasteiger partial charge in [-0.15, -0.1) is 11.3 Å². The van der Waals surface area contributed by atoms with Crippen molar-refractivity contribution in [3.63, 3.8) is 0 Å². The van der Waals surface area contributed by atoms with Crippen LogP contribution in [0.3, 0.4) is 0 Å². The average molecular weight is 348 g/mol. The van der Waals surface area contributed by atoms with Crippen LogP contribution >= 0.6 is 11.3 Å². The molecule has 1 aliphatic rings. The van der Waals surface area contributed by atoms with Crippen LogP contribution in [0.1, 0.15) is 27.3 Å². The number of nitrogens with one attached hydrogen (secondary N) is 1. The van der Waals surface area contributed by atoms with Gasteiger partial charge in [0.25, 0.3) is 5.91 Å². The normalized spacial score (nSPS) is 20.3. The molecule has 2 N–H and O–H groups in total. The van der Waals surface area contributed by atoms with Gasteiger partial charge in [0.2, 0.25) is 0 Å². The van der Waals surface area contributed by atoms with E-state index < -0.39 is 5.97 Å². The first-order valence-electron chi connectivity index (χ1n) is 7.40. The second kappa shape index (κ2) is 7.41. The van der Waals surface area contributed by atoms with Gasteiger partial charge in [0.1, 0.15) is 17.5 Å². The summed E-state index contributed by atoms with van der Waals surface area (Å²) in [5.41, 5.74) is 2.17. The average Bonchev–Trinajstić information content (AvgIpc) is 3.12. The summed E-state index contributed by atoms with van der Waals surface area (Å²) in [7, 11) is 0. The van der Waals surface area contributed by atoms with Gasteiger partial charge in [-0.1, -0.05) is 0 Å². The van der Waals surface area contributed by atoms with Gasteiger partial charge < -0.3 is 19.9 Å². The van der Waals surface area contributed by atoms with Gasteiger partial charge >= 0.3 is 5.97 Å². The Morgan fingerprint density at radius 1 is 1.33 bits per heavy atom. The van der Waals surface area contributed by atoms with Gasteiger partial charge in [0.15, 0.2) is 0 Å². The number of rotatable bonds is 5. The van der Waals surface area contributed by atoms with E-state index in [4.69, 9.17) is 14.6 Å². The number of carboxylic acid groups (broad SMARTS) is 1. The highest BCUT2D eigenvalue weighted by Gasteiger charge is 2.29. The van der Waals surface area contributed by atoms with Crippen LogP contribution in [0.5, 0.6) is 5.75 Å². The number of amides is 1. The molecule has 1 saturated heterocycles. The quantitative estimate of drug-likeness (QED) is 0.855. The first kappa shape index (κ1) is 16.4. The molecule has 2 aromatic rings. The predicted molar refractivity (Wildman–Crippen MR) is 86.6 cm³/mol. The first-order valence-corrected chi connectivity index (χ1v) is 8.34. The molecule has 24 heavy (non-hydrogen) atoms. The fourth-order valence-electron chi connectivity index (χ4n) is 2.41. The third-order valence-corrected chi connectivity index (χ3v) is 4.25. The number of aromatic nitrogens is 1. The van der Waals surface area contributed by atoms with Crippen LogP contribution < -0.4 is 10.1 Å². The topological polar surface area (TPSA) is 97.8 Å². The zero-order valence-corrected chi connectivity index (χ0v) is 13.5. The highest BCUT2D eigenvalue weighted by molar-refractivity contribution is 7.07. The molecule has 3 rings (SSSR count).